The standard InChI is InChI=1S/C18H22N6O2/c19-23-17(25)13-8-21-16-12(1-2-20-16)15(13)22-14-10-3-9-4-11(14)7-18(5-9,6-10)24-26/h1-2,8-11,14H,3-7,19H2,(H,23,25)(H2,20,21,22)/t9?,10-,11+,14-,18-. The Balaban J connectivity index is 1.53. The molecule has 26 heavy (non-hydrogen) atoms. The predicted octanol–water partition coefficient (Wildman–Crippen LogP) is 2.29. The summed E-state index contributed by atoms with van der Waals surface area (Å²) < 4.78 is 0. The van der Waals surface area contributed by atoms with E-state index >= 15 is 0 Å². The van der Waals surface area contributed by atoms with Crippen LogP contribution in [0.4, 0.5) is 5.69 Å². The van der Waals surface area contributed by atoms with Crippen LogP contribution in [0.3, 0.4) is 0 Å². The molecule has 0 aliphatic heterocycles. The minimum atomic E-state index is -0.363. The summed E-state index contributed by atoms with van der Waals surface area (Å²) in [6, 6.07) is 2.16. The van der Waals surface area contributed by atoms with Crippen molar-refractivity contribution >= 4 is 22.6 Å². The Morgan fingerprint density at radius 3 is 2.77 bits per heavy atom. The predicted molar refractivity (Wildman–Crippen MR) is 97.2 cm³/mol. The maximum absolute atomic E-state index is 12.3. The van der Waals surface area contributed by atoms with Crippen LogP contribution < -0.4 is 16.6 Å². The van der Waals surface area contributed by atoms with E-state index in [1.165, 1.54) is 0 Å². The monoisotopic (exact) mass is 354 g/mol. The van der Waals surface area contributed by atoms with Gasteiger partial charge in [0, 0.05) is 23.8 Å². The fourth-order valence-electron chi connectivity index (χ4n) is 5.91. The summed E-state index contributed by atoms with van der Waals surface area (Å²) in [7, 11) is 0. The number of amides is 1. The molecule has 6 rings (SSSR count). The third-order valence-electron chi connectivity index (χ3n) is 6.71. The molecule has 0 aromatic carbocycles. The molecular weight excluding hydrogens is 332 g/mol. The second kappa shape index (κ2) is 5.51. The maximum Gasteiger partial charge on any atom is 0.268 e. The number of fused-ring (bicyclic) bond motifs is 1. The number of hydrogen-bond donors (Lipinski definition) is 4. The van der Waals surface area contributed by atoms with Crippen LogP contribution in [0.5, 0.6) is 0 Å². The highest BCUT2D eigenvalue weighted by atomic mass is 16.3. The van der Waals surface area contributed by atoms with E-state index in [1.54, 1.807) is 6.20 Å². The second-order valence-corrected chi connectivity index (χ2v) is 8.22. The summed E-state index contributed by atoms with van der Waals surface area (Å²) in [4.78, 5) is 31.2. The lowest BCUT2D eigenvalue weighted by Crippen LogP contribution is -2.58. The molecule has 2 aromatic heterocycles. The third-order valence-corrected chi connectivity index (χ3v) is 6.71. The van der Waals surface area contributed by atoms with Crippen LogP contribution in [0.1, 0.15) is 42.5 Å². The third kappa shape index (κ3) is 2.18. The minimum absolute atomic E-state index is 0.242. The van der Waals surface area contributed by atoms with Crippen molar-refractivity contribution in [1.82, 2.24) is 15.4 Å². The summed E-state index contributed by atoms with van der Waals surface area (Å²) in [5, 5.41) is 8.08. The Bertz CT molecular complexity index is 877. The highest BCUT2D eigenvalue weighted by molar-refractivity contribution is 6.06. The van der Waals surface area contributed by atoms with Crippen LogP contribution in [-0.4, -0.2) is 27.5 Å². The average molecular weight is 354 g/mol. The number of rotatable bonds is 4. The first-order valence-corrected chi connectivity index (χ1v) is 9.20. The number of carbonyl (C=O) groups excluding carboxylic acids is 1. The van der Waals surface area contributed by atoms with E-state index in [1.807, 2.05) is 12.3 Å². The maximum atomic E-state index is 12.3. The molecule has 1 unspecified atom stereocenters. The second-order valence-electron chi connectivity index (χ2n) is 8.22. The van der Waals surface area contributed by atoms with E-state index in [4.69, 9.17) is 5.84 Å². The molecule has 5 N–H and O–H groups in total. The number of nitrogens with zero attached hydrogens (tertiary/aromatic N) is 2. The lowest BCUT2D eigenvalue weighted by molar-refractivity contribution is -0.0102. The van der Waals surface area contributed by atoms with Crippen molar-refractivity contribution in [2.45, 2.75) is 43.7 Å². The van der Waals surface area contributed by atoms with E-state index in [0.717, 1.165) is 48.8 Å². The zero-order valence-corrected chi connectivity index (χ0v) is 14.4. The van der Waals surface area contributed by atoms with Gasteiger partial charge in [-0.2, -0.15) is 4.91 Å². The number of H-pyrrole nitrogens is 1. The number of nitroso groups, excluding NO2 is 1. The zero-order valence-electron chi connectivity index (χ0n) is 14.4. The number of nitrogens with one attached hydrogen (secondary N) is 3. The largest absolute Gasteiger partial charge is 0.380 e. The van der Waals surface area contributed by atoms with E-state index < -0.39 is 0 Å². The van der Waals surface area contributed by atoms with Crippen molar-refractivity contribution < 1.29 is 4.79 Å². The van der Waals surface area contributed by atoms with Crippen LogP contribution in [0.2, 0.25) is 0 Å². The van der Waals surface area contributed by atoms with Gasteiger partial charge < -0.3 is 10.3 Å². The van der Waals surface area contributed by atoms with Gasteiger partial charge in [0.2, 0.25) is 0 Å². The molecule has 4 bridgehead atoms. The minimum Gasteiger partial charge on any atom is -0.380 e. The highest BCUT2D eigenvalue weighted by Crippen LogP contribution is 2.58. The molecule has 4 aliphatic rings. The van der Waals surface area contributed by atoms with Gasteiger partial charge in [-0.1, -0.05) is 5.18 Å². The van der Waals surface area contributed by atoms with Gasteiger partial charge in [0.25, 0.3) is 5.91 Å². The van der Waals surface area contributed by atoms with Gasteiger partial charge in [0.1, 0.15) is 11.2 Å². The molecule has 136 valence electrons. The number of hydrogen-bond acceptors (Lipinski definition) is 6. The SMILES string of the molecule is NNC(=O)c1cnc2[nH]ccc2c1N[C@@H]1[C@@H]2CC3C[C@H]1C[C@@](N=O)(C3)C2. The van der Waals surface area contributed by atoms with E-state index in [-0.39, 0.29) is 17.5 Å². The Morgan fingerprint density at radius 2 is 2.08 bits per heavy atom. The van der Waals surface area contributed by atoms with Crippen molar-refractivity contribution in [1.29, 1.82) is 0 Å². The lowest BCUT2D eigenvalue weighted by atomic mass is 9.51. The van der Waals surface area contributed by atoms with Gasteiger partial charge in [-0.05, 0) is 55.9 Å². The normalized spacial score (nSPS) is 34.8. The van der Waals surface area contributed by atoms with Crippen molar-refractivity contribution in [2.75, 3.05) is 5.32 Å². The number of carbonyl (C=O) groups is 1. The zero-order chi connectivity index (χ0) is 17.9. The molecule has 8 heteroatoms. The fraction of sp³-hybridized carbons (Fsp3) is 0.556. The number of aromatic nitrogens is 2. The van der Waals surface area contributed by atoms with Crippen molar-refractivity contribution in [3.8, 4) is 0 Å². The van der Waals surface area contributed by atoms with Gasteiger partial charge in [-0.25, -0.2) is 10.8 Å². The first-order valence-electron chi connectivity index (χ1n) is 9.20. The summed E-state index contributed by atoms with van der Waals surface area (Å²) in [6.07, 6.45) is 8.27. The molecule has 1 amide bonds. The molecule has 5 atom stereocenters. The van der Waals surface area contributed by atoms with Gasteiger partial charge >= 0.3 is 0 Å². The number of hydrazine groups is 1. The number of aromatic amines is 1. The summed E-state index contributed by atoms with van der Waals surface area (Å²) in [5.74, 6) is 6.44. The molecule has 0 spiro atoms. The summed E-state index contributed by atoms with van der Waals surface area (Å²) in [6.45, 7) is 0. The Labute approximate surface area is 150 Å². The number of nitrogen functional groups attached to an aromatic ring is 1. The Hall–Kier alpha value is -2.48. The van der Waals surface area contributed by atoms with Crippen molar-refractivity contribution in [3.05, 3.63) is 28.9 Å². The average Bonchev–Trinajstić information content (AvgIpc) is 3.12. The fourth-order valence-corrected chi connectivity index (χ4v) is 5.91. The van der Waals surface area contributed by atoms with Crippen molar-refractivity contribution in [3.63, 3.8) is 0 Å². The van der Waals surface area contributed by atoms with Crippen LogP contribution in [0, 0.1) is 22.7 Å². The molecule has 4 saturated carbocycles. The van der Waals surface area contributed by atoms with Gasteiger partial charge in [0.15, 0.2) is 0 Å². The number of anilines is 1. The Kier molecular flexibility index (Phi) is 3.34. The van der Waals surface area contributed by atoms with Gasteiger partial charge in [-0.15, -0.1) is 0 Å². The summed E-state index contributed by atoms with van der Waals surface area (Å²) >= 11 is 0. The molecule has 0 radical (unpaired) electrons. The number of pyridine rings is 1. The lowest BCUT2D eigenvalue weighted by Gasteiger charge is -2.57. The highest BCUT2D eigenvalue weighted by Gasteiger charge is 2.56. The van der Waals surface area contributed by atoms with Crippen LogP contribution in [0.25, 0.3) is 11.0 Å². The smallest absolute Gasteiger partial charge is 0.268 e. The van der Waals surface area contributed by atoms with E-state index in [2.05, 4.69) is 25.9 Å². The molecule has 2 heterocycles. The van der Waals surface area contributed by atoms with Crippen molar-refractivity contribution in [2.24, 2.45) is 28.8 Å². The van der Waals surface area contributed by atoms with Gasteiger partial charge in [0.05, 0.1) is 11.3 Å². The molecule has 8 nitrogen and oxygen atoms in total. The summed E-state index contributed by atoms with van der Waals surface area (Å²) in [5.41, 5.74) is 3.80. The quantitative estimate of drug-likeness (QED) is 0.290. The molecule has 4 aliphatic carbocycles. The Morgan fingerprint density at radius 1 is 1.31 bits per heavy atom. The first-order chi connectivity index (χ1) is 12.6. The molecule has 4 fully saturated rings. The van der Waals surface area contributed by atoms with Crippen LogP contribution in [0.15, 0.2) is 23.6 Å². The molecular formula is C18H22N6O2. The van der Waals surface area contributed by atoms with E-state index in [9.17, 15) is 9.70 Å². The topological polar surface area (TPSA) is 125 Å². The van der Waals surface area contributed by atoms with Crippen LogP contribution >= 0.6 is 0 Å². The number of nitrogens with two attached hydrogens (primary N) is 1. The molecule has 2 aromatic rings. The molecule has 0 saturated heterocycles. The van der Waals surface area contributed by atoms with E-state index in [0.29, 0.717) is 23.3 Å². The first kappa shape index (κ1) is 15.7. The van der Waals surface area contributed by atoms with Crippen LogP contribution in [-0.2, 0) is 0 Å². The van der Waals surface area contributed by atoms with Gasteiger partial charge in [-0.3, -0.25) is 10.2 Å².